The van der Waals surface area contributed by atoms with Crippen LogP contribution in [-0.4, -0.2) is 43.1 Å². The molecule has 2 aromatic carbocycles. The molecule has 29 heavy (non-hydrogen) atoms. The molecule has 0 N–H and O–H groups in total. The SMILES string of the molecule is COc1ccc(C2=C(Sc3ccccc3)C(=O)N(CCCOC(C)C)C2=O)cc1. The van der Waals surface area contributed by atoms with Gasteiger partial charge in [-0.05, 0) is 50.1 Å². The van der Waals surface area contributed by atoms with Crippen LogP contribution in [0.3, 0.4) is 0 Å². The number of rotatable bonds is 9. The molecule has 6 heteroatoms. The summed E-state index contributed by atoms with van der Waals surface area (Å²) in [4.78, 5) is 29.0. The molecule has 152 valence electrons. The first-order valence-electron chi connectivity index (χ1n) is 9.60. The van der Waals surface area contributed by atoms with Crippen LogP contribution < -0.4 is 4.74 Å². The van der Waals surface area contributed by atoms with Gasteiger partial charge in [0.05, 0.1) is 23.7 Å². The number of hydrogen-bond acceptors (Lipinski definition) is 5. The van der Waals surface area contributed by atoms with Gasteiger partial charge in [-0.1, -0.05) is 42.1 Å². The van der Waals surface area contributed by atoms with Crippen molar-refractivity contribution >= 4 is 29.1 Å². The lowest BCUT2D eigenvalue weighted by Gasteiger charge is -2.15. The lowest BCUT2D eigenvalue weighted by atomic mass is 10.1. The zero-order chi connectivity index (χ0) is 20.8. The van der Waals surface area contributed by atoms with Crippen molar-refractivity contribution in [1.82, 2.24) is 4.90 Å². The number of benzene rings is 2. The highest BCUT2D eigenvalue weighted by Gasteiger charge is 2.39. The summed E-state index contributed by atoms with van der Waals surface area (Å²) >= 11 is 1.33. The Morgan fingerprint density at radius 2 is 1.66 bits per heavy atom. The first-order chi connectivity index (χ1) is 14.0. The molecule has 0 saturated heterocycles. The van der Waals surface area contributed by atoms with Crippen LogP contribution >= 0.6 is 11.8 Å². The van der Waals surface area contributed by atoms with Crippen molar-refractivity contribution in [2.45, 2.75) is 31.3 Å². The summed E-state index contributed by atoms with van der Waals surface area (Å²) in [6, 6.07) is 16.8. The maximum Gasteiger partial charge on any atom is 0.268 e. The fourth-order valence-electron chi connectivity index (χ4n) is 3.01. The number of nitrogens with zero attached hydrogens (tertiary/aromatic N) is 1. The molecule has 0 bridgehead atoms. The first-order valence-corrected chi connectivity index (χ1v) is 10.4. The van der Waals surface area contributed by atoms with Crippen LogP contribution in [0.15, 0.2) is 64.4 Å². The summed E-state index contributed by atoms with van der Waals surface area (Å²) in [5.41, 5.74) is 1.15. The van der Waals surface area contributed by atoms with E-state index in [0.717, 1.165) is 4.90 Å². The van der Waals surface area contributed by atoms with E-state index in [4.69, 9.17) is 9.47 Å². The third-order valence-corrected chi connectivity index (χ3v) is 5.54. The maximum absolute atomic E-state index is 13.2. The minimum absolute atomic E-state index is 0.122. The Bertz CT molecular complexity index is 891. The molecule has 0 unspecified atom stereocenters. The number of hydrogen-bond donors (Lipinski definition) is 0. The molecular weight excluding hydrogens is 386 g/mol. The molecule has 0 radical (unpaired) electrons. The van der Waals surface area contributed by atoms with E-state index < -0.39 is 0 Å². The summed E-state index contributed by atoms with van der Waals surface area (Å²) in [7, 11) is 1.59. The van der Waals surface area contributed by atoms with Crippen LogP contribution in [0.4, 0.5) is 0 Å². The molecule has 0 atom stereocenters. The van der Waals surface area contributed by atoms with Gasteiger partial charge in [-0.3, -0.25) is 14.5 Å². The lowest BCUT2D eigenvalue weighted by Crippen LogP contribution is -2.33. The van der Waals surface area contributed by atoms with E-state index in [1.807, 2.05) is 56.3 Å². The number of amides is 2. The second-order valence-electron chi connectivity index (χ2n) is 6.88. The van der Waals surface area contributed by atoms with E-state index >= 15 is 0 Å². The standard InChI is InChI=1S/C23H25NO4S/c1-16(2)28-15-7-14-24-22(25)20(17-10-12-18(27-3)13-11-17)21(23(24)26)29-19-8-5-4-6-9-19/h4-6,8-13,16H,7,14-15H2,1-3H3. The summed E-state index contributed by atoms with van der Waals surface area (Å²) in [6.07, 6.45) is 0.728. The van der Waals surface area contributed by atoms with Crippen molar-refractivity contribution in [2.75, 3.05) is 20.3 Å². The molecule has 3 rings (SSSR count). The molecule has 1 aliphatic rings. The van der Waals surface area contributed by atoms with Crippen LogP contribution in [0, 0.1) is 0 Å². The van der Waals surface area contributed by atoms with Gasteiger partial charge in [0.2, 0.25) is 0 Å². The summed E-state index contributed by atoms with van der Waals surface area (Å²) in [5.74, 6) is 0.188. The Kier molecular flexibility index (Phi) is 7.12. The van der Waals surface area contributed by atoms with Crippen LogP contribution in [0.25, 0.3) is 5.57 Å². The van der Waals surface area contributed by atoms with Crippen molar-refractivity contribution in [3.63, 3.8) is 0 Å². The maximum atomic E-state index is 13.2. The van der Waals surface area contributed by atoms with Crippen molar-refractivity contribution in [3.05, 3.63) is 65.1 Å². The Labute approximate surface area is 175 Å². The van der Waals surface area contributed by atoms with Crippen LogP contribution in [0.2, 0.25) is 0 Å². The number of thioether (sulfide) groups is 1. The first kappa shape index (κ1) is 21.1. The fraction of sp³-hybridized carbons (Fsp3) is 0.304. The number of methoxy groups -OCH3 is 1. The minimum atomic E-state index is -0.261. The van der Waals surface area contributed by atoms with Crippen LogP contribution in [0.1, 0.15) is 25.8 Å². The van der Waals surface area contributed by atoms with E-state index in [1.54, 1.807) is 19.2 Å². The zero-order valence-electron chi connectivity index (χ0n) is 16.9. The average Bonchev–Trinajstić information content (AvgIpc) is 2.96. The van der Waals surface area contributed by atoms with Gasteiger partial charge in [-0.2, -0.15) is 0 Å². The van der Waals surface area contributed by atoms with Crippen molar-refractivity contribution in [2.24, 2.45) is 0 Å². The number of carbonyl (C=O) groups excluding carboxylic acids is 2. The molecule has 5 nitrogen and oxygen atoms in total. The highest BCUT2D eigenvalue weighted by atomic mass is 32.2. The molecule has 0 saturated carbocycles. The average molecular weight is 412 g/mol. The molecule has 2 amide bonds. The normalized spacial score (nSPS) is 14.3. The molecule has 2 aromatic rings. The summed E-state index contributed by atoms with van der Waals surface area (Å²) in [5, 5.41) is 0. The van der Waals surface area contributed by atoms with Crippen molar-refractivity contribution in [3.8, 4) is 5.75 Å². The predicted molar refractivity (Wildman–Crippen MR) is 115 cm³/mol. The lowest BCUT2D eigenvalue weighted by molar-refractivity contribution is -0.136. The van der Waals surface area contributed by atoms with Gasteiger partial charge in [0, 0.05) is 18.0 Å². The van der Waals surface area contributed by atoms with Gasteiger partial charge in [-0.15, -0.1) is 0 Å². The van der Waals surface area contributed by atoms with Gasteiger partial charge >= 0.3 is 0 Å². The van der Waals surface area contributed by atoms with Gasteiger partial charge < -0.3 is 9.47 Å². The Morgan fingerprint density at radius 1 is 0.966 bits per heavy atom. The minimum Gasteiger partial charge on any atom is -0.497 e. The second-order valence-corrected chi connectivity index (χ2v) is 7.97. The molecule has 1 aliphatic heterocycles. The Hall–Kier alpha value is -2.57. The van der Waals surface area contributed by atoms with Gasteiger partial charge in [0.15, 0.2) is 0 Å². The summed E-state index contributed by atoms with van der Waals surface area (Å²) < 4.78 is 10.8. The van der Waals surface area contributed by atoms with E-state index in [1.165, 1.54) is 16.7 Å². The van der Waals surface area contributed by atoms with Gasteiger partial charge in [0.1, 0.15) is 5.75 Å². The molecular formula is C23H25NO4S. The molecule has 0 spiro atoms. The summed E-state index contributed by atoms with van der Waals surface area (Å²) in [6.45, 7) is 4.77. The largest absolute Gasteiger partial charge is 0.497 e. The van der Waals surface area contributed by atoms with E-state index in [0.29, 0.717) is 41.4 Å². The number of imide groups is 1. The predicted octanol–water partition coefficient (Wildman–Crippen LogP) is 4.38. The third-order valence-electron chi connectivity index (χ3n) is 4.44. The van der Waals surface area contributed by atoms with Gasteiger partial charge in [-0.25, -0.2) is 0 Å². The molecule has 0 fully saturated rings. The van der Waals surface area contributed by atoms with Crippen molar-refractivity contribution in [1.29, 1.82) is 0 Å². The van der Waals surface area contributed by atoms with E-state index in [-0.39, 0.29) is 17.9 Å². The molecule has 0 aliphatic carbocycles. The second kappa shape index (κ2) is 9.76. The Balaban J connectivity index is 1.88. The zero-order valence-corrected chi connectivity index (χ0v) is 17.7. The number of ether oxygens (including phenoxy) is 2. The highest BCUT2D eigenvalue weighted by Crippen LogP contribution is 2.39. The fourth-order valence-corrected chi connectivity index (χ4v) is 4.05. The number of carbonyl (C=O) groups is 2. The monoisotopic (exact) mass is 411 g/mol. The quantitative estimate of drug-likeness (QED) is 0.453. The van der Waals surface area contributed by atoms with E-state index in [2.05, 4.69) is 0 Å². The van der Waals surface area contributed by atoms with Crippen molar-refractivity contribution < 1.29 is 19.1 Å². The Morgan fingerprint density at radius 3 is 2.28 bits per heavy atom. The van der Waals surface area contributed by atoms with Crippen LogP contribution in [-0.2, 0) is 14.3 Å². The van der Waals surface area contributed by atoms with Gasteiger partial charge in [0.25, 0.3) is 11.8 Å². The topological polar surface area (TPSA) is 55.8 Å². The third kappa shape index (κ3) is 5.08. The smallest absolute Gasteiger partial charge is 0.268 e. The highest BCUT2D eigenvalue weighted by molar-refractivity contribution is 8.04. The molecule has 1 heterocycles. The van der Waals surface area contributed by atoms with E-state index in [9.17, 15) is 9.59 Å². The van der Waals surface area contributed by atoms with Crippen LogP contribution in [0.5, 0.6) is 5.75 Å². The molecule has 0 aromatic heterocycles.